The van der Waals surface area contributed by atoms with E-state index in [0.717, 1.165) is 37.6 Å². The highest BCUT2D eigenvalue weighted by Gasteiger charge is 2.21. The van der Waals surface area contributed by atoms with Crippen molar-refractivity contribution in [1.82, 2.24) is 9.78 Å². The molecular formula is C13H19N3O2. The quantitative estimate of drug-likeness (QED) is 0.853. The van der Waals surface area contributed by atoms with Crippen molar-refractivity contribution in [2.45, 2.75) is 38.3 Å². The minimum Gasteiger partial charge on any atom is -0.383 e. The molecular weight excluding hydrogens is 230 g/mol. The molecule has 1 unspecified atom stereocenters. The molecule has 0 amide bonds. The number of hydrogen-bond donors (Lipinski definition) is 1. The zero-order valence-electron chi connectivity index (χ0n) is 10.5. The van der Waals surface area contributed by atoms with Gasteiger partial charge in [0.25, 0.3) is 5.56 Å². The van der Waals surface area contributed by atoms with Crippen LogP contribution < -0.4 is 10.9 Å². The largest absolute Gasteiger partial charge is 0.383 e. The van der Waals surface area contributed by atoms with Crippen LogP contribution in [-0.2, 0) is 11.3 Å². The van der Waals surface area contributed by atoms with Crippen molar-refractivity contribution in [2.24, 2.45) is 5.92 Å². The molecule has 1 aromatic rings. The van der Waals surface area contributed by atoms with Crippen LogP contribution in [0.2, 0.25) is 0 Å². The van der Waals surface area contributed by atoms with Crippen molar-refractivity contribution in [3.05, 3.63) is 22.6 Å². The molecule has 18 heavy (non-hydrogen) atoms. The van der Waals surface area contributed by atoms with Crippen LogP contribution in [-0.4, -0.2) is 29.0 Å². The fourth-order valence-corrected chi connectivity index (χ4v) is 2.23. The van der Waals surface area contributed by atoms with Gasteiger partial charge in [-0.25, -0.2) is 4.68 Å². The zero-order valence-corrected chi connectivity index (χ0v) is 10.5. The highest BCUT2D eigenvalue weighted by Crippen LogP contribution is 2.28. The van der Waals surface area contributed by atoms with Crippen molar-refractivity contribution in [1.29, 1.82) is 0 Å². The van der Waals surface area contributed by atoms with Gasteiger partial charge >= 0.3 is 0 Å². The highest BCUT2D eigenvalue weighted by atomic mass is 16.5. The SMILES string of the molecule is O=c1cc(NCC2CC2)cnn1CC1CCCO1. The van der Waals surface area contributed by atoms with Gasteiger partial charge in [-0.2, -0.15) is 5.10 Å². The van der Waals surface area contributed by atoms with Gasteiger partial charge < -0.3 is 10.1 Å². The first-order valence-corrected chi connectivity index (χ1v) is 6.74. The maximum absolute atomic E-state index is 11.9. The smallest absolute Gasteiger partial charge is 0.268 e. The van der Waals surface area contributed by atoms with Crippen LogP contribution in [0.25, 0.3) is 0 Å². The standard InChI is InChI=1S/C13H19N3O2/c17-13-6-11(14-7-10-3-4-10)8-15-16(13)9-12-2-1-5-18-12/h6,8,10,12,14H,1-5,7,9H2. The molecule has 2 fully saturated rings. The second kappa shape index (κ2) is 5.10. The van der Waals surface area contributed by atoms with E-state index in [1.165, 1.54) is 17.5 Å². The molecule has 0 radical (unpaired) electrons. The number of aromatic nitrogens is 2. The van der Waals surface area contributed by atoms with E-state index in [1.54, 1.807) is 12.3 Å². The second-order valence-electron chi connectivity index (χ2n) is 5.22. The normalized spacial score (nSPS) is 23.2. The van der Waals surface area contributed by atoms with E-state index in [0.29, 0.717) is 6.54 Å². The molecule has 98 valence electrons. The van der Waals surface area contributed by atoms with Crippen LogP contribution in [0.4, 0.5) is 5.69 Å². The zero-order chi connectivity index (χ0) is 12.4. The molecule has 1 atom stereocenters. The lowest BCUT2D eigenvalue weighted by Crippen LogP contribution is -2.28. The van der Waals surface area contributed by atoms with E-state index in [9.17, 15) is 4.79 Å². The van der Waals surface area contributed by atoms with Gasteiger partial charge in [0.15, 0.2) is 0 Å². The third-order valence-corrected chi connectivity index (χ3v) is 3.56. The van der Waals surface area contributed by atoms with Crippen LogP contribution in [0.5, 0.6) is 0 Å². The Hall–Kier alpha value is -1.36. The monoisotopic (exact) mass is 249 g/mol. The van der Waals surface area contributed by atoms with Crippen LogP contribution in [0, 0.1) is 5.92 Å². The number of hydrogen-bond acceptors (Lipinski definition) is 4. The molecule has 3 rings (SSSR count). The molecule has 1 saturated heterocycles. The summed E-state index contributed by atoms with van der Waals surface area (Å²) in [6, 6.07) is 1.63. The molecule has 0 aromatic carbocycles. The van der Waals surface area contributed by atoms with Crippen molar-refractivity contribution >= 4 is 5.69 Å². The lowest BCUT2D eigenvalue weighted by molar-refractivity contribution is 0.0927. The Balaban J connectivity index is 1.62. The van der Waals surface area contributed by atoms with Crippen LogP contribution in [0.15, 0.2) is 17.1 Å². The lowest BCUT2D eigenvalue weighted by atomic mass is 10.2. The summed E-state index contributed by atoms with van der Waals surface area (Å²) in [5.41, 5.74) is 0.779. The van der Waals surface area contributed by atoms with Crippen LogP contribution in [0.3, 0.4) is 0 Å². The molecule has 0 bridgehead atoms. The van der Waals surface area contributed by atoms with E-state index in [-0.39, 0.29) is 11.7 Å². The Morgan fingerprint density at radius 2 is 2.33 bits per heavy atom. The van der Waals surface area contributed by atoms with Crippen LogP contribution in [0.1, 0.15) is 25.7 Å². The minimum absolute atomic E-state index is 0.0497. The number of anilines is 1. The first-order valence-electron chi connectivity index (χ1n) is 6.74. The Kier molecular flexibility index (Phi) is 3.32. The van der Waals surface area contributed by atoms with E-state index in [2.05, 4.69) is 10.4 Å². The third-order valence-electron chi connectivity index (χ3n) is 3.56. The average Bonchev–Trinajstić information content (AvgIpc) is 3.06. The number of rotatable bonds is 5. The van der Waals surface area contributed by atoms with Crippen molar-refractivity contribution < 1.29 is 4.74 Å². The predicted octanol–water partition coefficient (Wildman–Crippen LogP) is 1.24. The molecule has 5 nitrogen and oxygen atoms in total. The topological polar surface area (TPSA) is 56.2 Å². The summed E-state index contributed by atoms with van der Waals surface area (Å²) < 4.78 is 7.01. The molecule has 2 aliphatic rings. The maximum atomic E-state index is 11.9. The van der Waals surface area contributed by atoms with Gasteiger partial charge in [-0.15, -0.1) is 0 Å². The summed E-state index contributed by atoms with van der Waals surface area (Å²) in [5.74, 6) is 0.791. The predicted molar refractivity (Wildman–Crippen MR) is 68.7 cm³/mol. The van der Waals surface area contributed by atoms with Crippen molar-refractivity contribution in [2.75, 3.05) is 18.5 Å². The summed E-state index contributed by atoms with van der Waals surface area (Å²) >= 11 is 0. The van der Waals surface area contributed by atoms with Gasteiger partial charge in [-0.3, -0.25) is 4.79 Å². The Morgan fingerprint density at radius 3 is 3.00 bits per heavy atom. The molecule has 2 heterocycles. The summed E-state index contributed by atoms with van der Waals surface area (Å²) in [5, 5.41) is 7.46. The van der Waals surface area contributed by atoms with E-state index in [1.807, 2.05) is 0 Å². The Bertz CT molecular complexity index is 462. The first-order chi connectivity index (χ1) is 8.81. The fraction of sp³-hybridized carbons (Fsp3) is 0.692. The minimum atomic E-state index is -0.0497. The number of ether oxygens (including phenoxy) is 1. The molecule has 1 aromatic heterocycles. The first kappa shape index (κ1) is 11.7. The van der Waals surface area contributed by atoms with Crippen molar-refractivity contribution in [3.63, 3.8) is 0 Å². The van der Waals surface area contributed by atoms with Gasteiger partial charge in [0.2, 0.25) is 0 Å². The van der Waals surface area contributed by atoms with Gasteiger partial charge in [0.1, 0.15) is 0 Å². The van der Waals surface area contributed by atoms with Gasteiger partial charge in [0, 0.05) is 19.2 Å². The van der Waals surface area contributed by atoms with Gasteiger partial charge in [-0.1, -0.05) is 0 Å². The number of nitrogens with zero attached hydrogens (tertiary/aromatic N) is 2. The molecule has 0 spiro atoms. The summed E-state index contributed by atoms with van der Waals surface area (Å²) in [6.07, 6.45) is 6.60. The Morgan fingerprint density at radius 1 is 1.44 bits per heavy atom. The van der Waals surface area contributed by atoms with Crippen LogP contribution >= 0.6 is 0 Å². The third kappa shape index (κ3) is 2.90. The fourth-order valence-electron chi connectivity index (χ4n) is 2.23. The summed E-state index contributed by atoms with van der Waals surface area (Å²) in [4.78, 5) is 11.9. The molecule has 5 heteroatoms. The molecule has 1 N–H and O–H groups in total. The molecule has 1 aliphatic heterocycles. The maximum Gasteiger partial charge on any atom is 0.268 e. The molecule has 1 aliphatic carbocycles. The second-order valence-corrected chi connectivity index (χ2v) is 5.22. The van der Waals surface area contributed by atoms with Gasteiger partial charge in [-0.05, 0) is 31.6 Å². The van der Waals surface area contributed by atoms with E-state index in [4.69, 9.17) is 4.74 Å². The highest BCUT2D eigenvalue weighted by molar-refractivity contribution is 5.38. The van der Waals surface area contributed by atoms with E-state index < -0.39 is 0 Å². The lowest BCUT2D eigenvalue weighted by Gasteiger charge is -2.11. The van der Waals surface area contributed by atoms with Crippen molar-refractivity contribution in [3.8, 4) is 0 Å². The van der Waals surface area contributed by atoms with Gasteiger partial charge in [0.05, 0.1) is 24.5 Å². The summed E-state index contributed by atoms with van der Waals surface area (Å²) in [6.45, 7) is 2.33. The Labute approximate surface area is 106 Å². The summed E-state index contributed by atoms with van der Waals surface area (Å²) in [7, 11) is 0. The average molecular weight is 249 g/mol. The number of nitrogens with one attached hydrogen (secondary N) is 1. The van der Waals surface area contributed by atoms with E-state index >= 15 is 0 Å². The molecule has 1 saturated carbocycles.